The number of rotatable bonds is 4. The zero-order valence-corrected chi connectivity index (χ0v) is 17.0. The summed E-state index contributed by atoms with van der Waals surface area (Å²) in [6, 6.07) is 13.2. The van der Waals surface area contributed by atoms with Crippen molar-refractivity contribution in [3.63, 3.8) is 0 Å². The van der Waals surface area contributed by atoms with Gasteiger partial charge in [0, 0.05) is 20.1 Å². The van der Waals surface area contributed by atoms with Crippen LogP contribution in [0.25, 0.3) is 0 Å². The second-order valence-electron chi connectivity index (χ2n) is 7.15. The Morgan fingerprint density at radius 3 is 2.83 bits per heavy atom. The van der Waals surface area contributed by atoms with Crippen LogP contribution in [-0.2, 0) is 17.7 Å². The molecule has 2 N–H and O–H groups in total. The molecule has 2 aliphatic heterocycles. The van der Waals surface area contributed by atoms with Crippen LogP contribution in [0.4, 0.5) is 20.6 Å². The quantitative estimate of drug-likeness (QED) is 0.751. The largest absolute Gasteiger partial charge is 0.442 e. The predicted octanol–water partition coefficient (Wildman–Crippen LogP) is 2.81. The smallest absolute Gasteiger partial charge is 0.414 e. The fourth-order valence-electron chi connectivity index (χ4n) is 3.76. The van der Waals surface area contributed by atoms with Crippen LogP contribution in [0.15, 0.2) is 42.5 Å². The van der Waals surface area contributed by atoms with Crippen molar-refractivity contribution in [3.8, 4) is 0 Å². The number of benzene rings is 2. The number of fused-ring (bicyclic) bond motifs is 1. The molecule has 0 spiro atoms. The van der Waals surface area contributed by atoms with Gasteiger partial charge in [0.05, 0.1) is 24.5 Å². The number of hydrogen-bond acceptors (Lipinski definition) is 4. The molecule has 2 aromatic rings. The predicted molar refractivity (Wildman–Crippen MR) is 115 cm³/mol. The normalized spacial score (nSPS) is 18.3. The van der Waals surface area contributed by atoms with Crippen LogP contribution in [-0.4, -0.2) is 44.0 Å². The van der Waals surface area contributed by atoms with Gasteiger partial charge in [-0.1, -0.05) is 24.3 Å². The van der Waals surface area contributed by atoms with E-state index in [2.05, 4.69) is 22.8 Å². The number of hydrogen-bond donors (Lipinski definition) is 2. The van der Waals surface area contributed by atoms with Crippen LogP contribution in [0.2, 0.25) is 0 Å². The number of cyclic esters (lactones) is 1. The van der Waals surface area contributed by atoms with E-state index in [-0.39, 0.29) is 11.9 Å². The van der Waals surface area contributed by atoms with E-state index in [1.54, 1.807) is 19.2 Å². The van der Waals surface area contributed by atoms with Gasteiger partial charge >= 0.3 is 6.09 Å². The van der Waals surface area contributed by atoms with Gasteiger partial charge in [-0.15, -0.1) is 0 Å². The molecule has 0 bridgehead atoms. The number of amides is 1. The first-order chi connectivity index (χ1) is 14.0. The second-order valence-corrected chi connectivity index (χ2v) is 7.56. The Kier molecular flexibility index (Phi) is 5.53. The number of halogens is 1. The van der Waals surface area contributed by atoms with Crippen molar-refractivity contribution in [2.75, 3.05) is 36.5 Å². The van der Waals surface area contributed by atoms with Crippen molar-refractivity contribution in [3.05, 3.63) is 59.4 Å². The molecule has 1 fully saturated rings. The molecule has 1 atom stereocenters. The molecular formula is C21H23FN4O2S. The lowest BCUT2D eigenvalue weighted by Crippen LogP contribution is -2.39. The number of ether oxygens (including phenoxy) is 1. The molecule has 1 saturated heterocycles. The molecule has 6 nitrogen and oxygen atoms in total. The van der Waals surface area contributed by atoms with Gasteiger partial charge in [0.25, 0.3) is 0 Å². The van der Waals surface area contributed by atoms with Crippen molar-refractivity contribution in [1.82, 2.24) is 10.6 Å². The molecule has 2 aliphatic rings. The Hall–Kier alpha value is -2.87. The third-order valence-corrected chi connectivity index (χ3v) is 5.65. The topological polar surface area (TPSA) is 56.8 Å². The monoisotopic (exact) mass is 414 g/mol. The maximum absolute atomic E-state index is 14.9. The summed E-state index contributed by atoms with van der Waals surface area (Å²) in [6.45, 7) is 2.18. The van der Waals surface area contributed by atoms with Crippen molar-refractivity contribution < 1.29 is 13.9 Å². The van der Waals surface area contributed by atoms with E-state index < -0.39 is 6.09 Å². The van der Waals surface area contributed by atoms with Crippen LogP contribution in [0, 0.1) is 5.82 Å². The first-order valence-electron chi connectivity index (χ1n) is 9.60. The number of carbonyl (C=O) groups excluding carboxylic acids is 1. The summed E-state index contributed by atoms with van der Waals surface area (Å²) in [5, 5.41) is 6.26. The molecule has 29 heavy (non-hydrogen) atoms. The molecule has 0 aliphatic carbocycles. The fourth-order valence-corrected chi connectivity index (χ4v) is 3.84. The summed E-state index contributed by atoms with van der Waals surface area (Å²) in [4.78, 5) is 15.7. The van der Waals surface area contributed by atoms with E-state index in [4.69, 9.17) is 17.0 Å². The molecule has 0 aromatic heterocycles. The average Bonchev–Trinajstić information content (AvgIpc) is 3.12. The minimum absolute atomic E-state index is 0.340. The molecule has 2 aromatic carbocycles. The first-order valence-corrected chi connectivity index (χ1v) is 10.0. The fraction of sp³-hybridized carbons (Fsp3) is 0.333. The molecule has 8 heteroatoms. The van der Waals surface area contributed by atoms with Gasteiger partial charge in [-0.2, -0.15) is 0 Å². The lowest BCUT2D eigenvalue weighted by Gasteiger charge is -2.31. The lowest BCUT2D eigenvalue weighted by molar-refractivity contribution is 0.143. The standard InChI is InChI=1S/C21H23FN4O2S/c1-23-20(29)24-11-17-13-26(21(27)28-17)16-6-7-19(18(22)10-16)25-9-8-14-4-2-3-5-15(14)12-25/h2-7,10,17H,8-9,11-13H2,1H3,(H2,23,24,29)/t17-/m1/s1. The van der Waals surface area contributed by atoms with Crippen LogP contribution in [0.3, 0.4) is 0 Å². The Balaban J connectivity index is 1.45. The molecular weight excluding hydrogens is 391 g/mol. The summed E-state index contributed by atoms with van der Waals surface area (Å²) >= 11 is 5.03. The van der Waals surface area contributed by atoms with Gasteiger partial charge in [0.1, 0.15) is 11.9 Å². The Morgan fingerprint density at radius 1 is 1.28 bits per heavy atom. The summed E-state index contributed by atoms with van der Waals surface area (Å²) in [5.41, 5.74) is 3.58. The van der Waals surface area contributed by atoms with Crippen LogP contribution >= 0.6 is 12.2 Å². The van der Waals surface area contributed by atoms with E-state index in [0.717, 1.165) is 13.0 Å². The van der Waals surface area contributed by atoms with Crippen LogP contribution in [0.1, 0.15) is 11.1 Å². The Bertz CT molecular complexity index is 939. The maximum Gasteiger partial charge on any atom is 0.414 e. The Labute approximate surface area is 174 Å². The van der Waals surface area contributed by atoms with Crippen molar-refractivity contribution >= 4 is 34.8 Å². The molecule has 0 radical (unpaired) electrons. The number of nitrogens with zero attached hydrogens (tertiary/aromatic N) is 2. The maximum atomic E-state index is 14.9. The molecule has 2 heterocycles. The van der Waals surface area contributed by atoms with E-state index in [9.17, 15) is 9.18 Å². The van der Waals surface area contributed by atoms with Crippen molar-refractivity contribution in [2.45, 2.75) is 19.1 Å². The summed E-state index contributed by atoms with van der Waals surface area (Å²) in [7, 11) is 1.72. The Morgan fingerprint density at radius 2 is 2.07 bits per heavy atom. The third-order valence-electron chi connectivity index (χ3n) is 5.31. The third kappa shape index (κ3) is 4.12. The van der Waals surface area contributed by atoms with Gasteiger partial charge in [-0.25, -0.2) is 9.18 Å². The number of anilines is 2. The van der Waals surface area contributed by atoms with E-state index in [1.165, 1.54) is 22.1 Å². The SMILES string of the molecule is CNC(=S)NC[C@@H]1CN(c2ccc(N3CCc4ccccc4C3)c(F)c2)C(=O)O1. The molecule has 0 unspecified atom stereocenters. The molecule has 152 valence electrons. The number of nitrogens with one attached hydrogen (secondary N) is 2. The minimum Gasteiger partial charge on any atom is -0.442 e. The van der Waals surface area contributed by atoms with Gasteiger partial charge in [0.15, 0.2) is 5.11 Å². The van der Waals surface area contributed by atoms with Crippen molar-refractivity contribution in [1.29, 1.82) is 0 Å². The molecule has 4 rings (SSSR count). The zero-order chi connectivity index (χ0) is 20.4. The highest BCUT2D eigenvalue weighted by Gasteiger charge is 2.33. The van der Waals surface area contributed by atoms with Crippen molar-refractivity contribution in [2.24, 2.45) is 0 Å². The summed E-state index contributed by atoms with van der Waals surface area (Å²) < 4.78 is 20.3. The highest BCUT2D eigenvalue weighted by molar-refractivity contribution is 7.80. The van der Waals surface area contributed by atoms with E-state index in [0.29, 0.717) is 36.1 Å². The second kappa shape index (κ2) is 8.24. The van der Waals surface area contributed by atoms with E-state index >= 15 is 0 Å². The van der Waals surface area contributed by atoms with Crippen LogP contribution in [0.5, 0.6) is 0 Å². The number of carbonyl (C=O) groups is 1. The first kappa shape index (κ1) is 19.4. The summed E-state index contributed by atoms with van der Waals surface area (Å²) in [6.07, 6.45) is 0.0558. The zero-order valence-electron chi connectivity index (χ0n) is 16.2. The van der Waals surface area contributed by atoms with Gasteiger partial charge in [0.2, 0.25) is 0 Å². The highest BCUT2D eigenvalue weighted by atomic mass is 32.1. The van der Waals surface area contributed by atoms with Crippen LogP contribution < -0.4 is 20.4 Å². The van der Waals surface area contributed by atoms with Gasteiger partial charge in [-0.3, -0.25) is 4.90 Å². The van der Waals surface area contributed by atoms with Gasteiger partial charge in [-0.05, 0) is 48.0 Å². The average molecular weight is 415 g/mol. The number of thiocarbonyl (C=S) groups is 1. The van der Waals surface area contributed by atoms with E-state index in [1.807, 2.05) is 17.0 Å². The molecule has 1 amide bonds. The van der Waals surface area contributed by atoms with Gasteiger partial charge < -0.3 is 20.3 Å². The highest BCUT2D eigenvalue weighted by Crippen LogP contribution is 2.30. The minimum atomic E-state index is -0.480. The summed E-state index contributed by atoms with van der Waals surface area (Å²) in [5.74, 6) is -0.340. The lowest BCUT2D eigenvalue weighted by atomic mass is 9.99. The molecule has 0 saturated carbocycles.